The van der Waals surface area contributed by atoms with Gasteiger partial charge in [-0.2, -0.15) is 11.8 Å². The summed E-state index contributed by atoms with van der Waals surface area (Å²) >= 11 is 1.72. The van der Waals surface area contributed by atoms with E-state index in [0.717, 1.165) is 18.6 Å². The maximum absolute atomic E-state index is 13.6. The minimum atomic E-state index is -3.65. The number of thioether (sulfide) groups is 1. The van der Waals surface area contributed by atoms with Crippen LogP contribution in [-0.4, -0.2) is 32.1 Å². The molecule has 1 rings (SSSR count). The third kappa shape index (κ3) is 4.73. The molecule has 7 heteroatoms. The molecule has 0 radical (unpaired) electrons. The fraction of sp³-hybridized carbons (Fsp3) is 0.538. The van der Waals surface area contributed by atoms with Crippen molar-refractivity contribution in [3.63, 3.8) is 0 Å². The summed E-state index contributed by atoms with van der Waals surface area (Å²) in [5.41, 5.74) is 0.201. The van der Waals surface area contributed by atoms with E-state index >= 15 is 0 Å². The summed E-state index contributed by atoms with van der Waals surface area (Å²) in [6.45, 7) is 1.31. The number of aryl methyl sites for hydroxylation is 1. The van der Waals surface area contributed by atoms with Gasteiger partial charge in [-0.25, -0.2) is 17.5 Å². The summed E-state index contributed by atoms with van der Waals surface area (Å²) in [6, 6.07) is 2.45. The Bertz CT molecular complexity index is 547. The van der Waals surface area contributed by atoms with Crippen LogP contribution in [0.2, 0.25) is 0 Å². The van der Waals surface area contributed by atoms with Gasteiger partial charge in [0.1, 0.15) is 5.82 Å². The molecule has 0 amide bonds. The molecular formula is C13H20FNO3S2. The Balaban J connectivity index is 2.80. The van der Waals surface area contributed by atoms with Crippen LogP contribution in [-0.2, 0) is 16.6 Å². The van der Waals surface area contributed by atoms with Crippen LogP contribution in [0, 0.1) is 12.7 Å². The topological polar surface area (TPSA) is 66.4 Å². The highest BCUT2D eigenvalue weighted by molar-refractivity contribution is 7.98. The maximum Gasteiger partial charge on any atom is 0.240 e. The van der Waals surface area contributed by atoms with Crippen molar-refractivity contribution in [1.29, 1.82) is 0 Å². The predicted octanol–water partition coefficient (Wildman–Crippen LogP) is 2.05. The van der Waals surface area contributed by atoms with Gasteiger partial charge in [0.05, 0.1) is 11.5 Å². The Morgan fingerprint density at radius 2 is 2.05 bits per heavy atom. The highest BCUT2D eigenvalue weighted by atomic mass is 32.2. The molecule has 4 nitrogen and oxygen atoms in total. The third-order valence-corrected chi connectivity index (χ3v) is 4.99. The first-order valence-electron chi connectivity index (χ1n) is 6.31. The number of nitrogens with one attached hydrogen (secondary N) is 1. The number of hydrogen-bond donors (Lipinski definition) is 2. The van der Waals surface area contributed by atoms with Crippen LogP contribution in [0.5, 0.6) is 0 Å². The predicted molar refractivity (Wildman–Crippen MR) is 79.9 cm³/mol. The number of benzene rings is 1. The summed E-state index contributed by atoms with van der Waals surface area (Å²) in [5.74, 6) is 0.429. The van der Waals surface area contributed by atoms with Crippen molar-refractivity contribution in [2.45, 2.75) is 31.3 Å². The van der Waals surface area contributed by atoms with Crippen LogP contribution >= 0.6 is 11.8 Å². The molecule has 0 saturated heterocycles. The minimum Gasteiger partial charge on any atom is -0.392 e. The number of aliphatic hydroxyl groups excluding tert-OH is 1. The summed E-state index contributed by atoms with van der Waals surface area (Å²) in [7, 11) is -3.65. The fourth-order valence-electron chi connectivity index (χ4n) is 1.74. The highest BCUT2D eigenvalue weighted by Crippen LogP contribution is 2.19. The summed E-state index contributed by atoms with van der Waals surface area (Å²) in [5, 5.41) is 9.05. The standard InChI is InChI=1S/C13H20FNO3S2/c1-10-7-12(8-11(9-16)13(10)14)20(17,18)15-5-3-4-6-19-2/h7-8,15-16H,3-6,9H2,1-2H3. The average Bonchev–Trinajstić information content (AvgIpc) is 2.41. The van der Waals surface area contributed by atoms with Crippen molar-refractivity contribution < 1.29 is 17.9 Å². The van der Waals surface area contributed by atoms with E-state index in [2.05, 4.69) is 4.72 Å². The van der Waals surface area contributed by atoms with Crippen LogP contribution < -0.4 is 4.72 Å². The number of hydrogen-bond acceptors (Lipinski definition) is 4. The summed E-state index contributed by atoms with van der Waals surface area (Å²) < 4.78 is 40.2. The van der Waals surface area contributed by atoms with Gasteiger partial charge < -0.3 is 5.11 Å². The van der Waals surface area contributed by atoms with Gasteiger partial charge in [0.2, 0.25) is 10.0 Å². The largest absolute Gasteiger partial charge is 0.392 e. The van der Waals surface area contributed by atoms with E-state index in [1.165, 1.54) is 19.1 Å². The van der Waals surface area contributed by atoms with Crippen molar-refractivity contribution in [3.8, 4) is 0 Å². The first-order chi connectivity index (χ1) is 9.42. The second-order valence-electron chi connectivity index (χ2n) is 4.47. The van der Waals surface area contributed by atoms with Crippen LogP contribution in [0.15, 0.2) is 17.0 Å². The zero-order valence-corrected chi connectivity index (χ0v) is 13.3. The smallest absolute Gasteiger partial charge is 0.240 e. The van der Waals surface area contributed by atoms with Crippen LogP contribution in [0.3, 0.4) is 0 Å². The van der Waals surface area contributed by atoms with Crippen LogP contribution in [0.25, 0.3) is 0 Å². The van der Waals surface area contributed by atoms with E-state index in [0.29, 0.717) is 6.54 Å². The van der Waals surface area contributed by atoms with Gasteiger partial charge >= 0.3 is 0 Å². The molecular weight excluding hydrogens is 301 g/mol. The Labute approximate surface area is 123 Å². The van der Waals surface area contributed by atoms with Gasteiger partial charge in [0, 0.05) is 12.1 Å². The first kappa shape index (κ1) is 17.4. The quantitative estimate of drug-likeness (QED) is 0.719. The van der Waals surface area contributed by atoms with Gasteiger partial charge in [-0.05, 0) is 49.5 Å². The van der Waals surface area contributed by atoms with Crippen molar-refractivity contribution in [1.82, 2.24) is 4.72 Å². The molecule has 0 aliphatic rings. The zero-order valence-electron chi connectivity index (χ0n) is 11.6. The Hall–Kier alpha value is -0.630. The third-order valence-electron chi connectivity index (χ3n) is 2.85. The van der Waals surface area contributed by atoms with Crippen LogP contribution in [0.4, 0.5) is 4.39 Å². The van der Waals surface area contributed by atoms with Crippen LogP contribution in [0.1, 0.15) is 24.0 Å². The monoisotopic (exact) mass is 321 g/mol. The first-order valence-corrected chi connectivity index (χ1v) is 9.18. The highest BCUT2D eigenvalue weighted by Gasteiger charge is 2.17. The molecule has 2 N–H and O–H groups in total. The molecule has 0 atom stereocenters. The molecule has 0 spiro atoms. The molecule has 0 bridgehead atoms. The van der Waals surface area contributed by atoms with Crippen molar-refractivity contribution >= 4 is 21.8 Å². The molecule has 0 unspecified atom stereocenters. The molecule has 0 saturated carbocycles. The number of sulfonamides is 1. The van der Waals surface area contributed by atoms with Gasteiger partial charge in [-0.3, -0.25) is 0 Å². The number of halogens is 1. The van der Waals surface area contributed by atoms with Gasteiger partial charge in [-0.15, -0.1) is 0 Å². The number of aliphatic hydroxyl groups is 1. The summed E-state index contributed by atoms with van der Waals surface area (Å²) in [4.78, 5) is -0.00897. The lowest BCUT2D eigenvalue weighted by molar-refractivity contribution is 0.275. The maximum atomic E-state index is 13.6. The molecule has 0 fully saturated rings. The SMILES string of the molecule is CSCCCCNS(=O)(=O)c1cc(C)c(F)c(CO)c1. The van der Waals surface area contributed by atoms with Crippen molar-refractivity contribution in [3.05, 3.63) is 29.1 Å². The zero-order chi connectivity index (χ0) is 15.2. The Morgan fingerprint density at radius 3 is 2.65 bits per heavy atom. The van der Waals surface area contributed by atoms with Gasteiger partial charge in [-0.1, -0.05) is 0 Å². The lowest BCUT2D eigenvalue weighted by Gasteiger charge is -2.10. The fourth-order valence-corrected chi connectivity index (χ4v) is 3.44. The minimum absolute atomic E-state index is 0.00671. The van der Waals surface area contributed by atoms with E-state index in [1.807, 2.05) is 6.26 Å². The molecule has 0 aliphatic heterocycles. The van der Waals surface area contributed by atoms with Gasteiger partial charge in [0.25, 0.3) is 0 Å². The molecule has 0 aromatic heterocycles. The van der Waals surface area contributed by atoms with E-state index in [9.17, 15) is 12.8 Å². The molecule has 0 aliphatic carbocycles. The lowest BCUT2D eigenvalue weighted by atomic mass is 10.1. The molecule has 0 heterocycles. The van der Waals surface area contributed by atoms with Crippen molar-refractivity contribution in [2.75, 3.05) is 18.6 Å². The second-order valence-corrected chi connectivity index (χ2v) is 7.22. The number of unbranched alkanes of at least 4 members (excludes halogenated alkanes) is 1. The van der Waals surface area contributed by atoms with E-state index in [4.69, 9.17) is 5.11 Å². The normalized spacial score (nSPS) is 11.8. The lowest BCUT2D eigenvalue weighted by Crippen LogP contribution is -2.25. The number of rotatable bonds is 8. The second kappa shape index (κ2) is 7.97. The average molecular weight is 321 g/mol. The molecule has 1 aromatic carbocycles. The van der Waals surface area contributed by atoms with E-state index in [-0.39, 0.29) is 16.0 Å². The van der Waals surface area contributed by atoms with E-state index in [1.54, 1.807) is 11.8 Å². The molecule has 114 valence electrons. The Morgan fingerprint density at radius 1 is 1.35 bits per heavy atom. The summed E-state index contributed by atoms with van der Waals surface area (Å²) in [6.07, 6.45) is 3.70. The molecule has 1 aromatic rings. The van der Waals surface area contributed by atoms with E-state index < -0.39 is 22.4 Å². The van der Waals surface area contributed by atoms with Crippen molar-refractivity contribution in [2.24, 2.45) is 0 Å². The molecule has 20 heavy (non-hydrogen) atoms. The Kier molecular flexibility index (Phi) is 6.94. The van der Waals surface area contributed by atoms with Gasteiger partial charge in [0.15, 0.2) is 0 Å².